The Labute approximate surface area is 434 Å². The summed E-state index contributed by atoms with van der Waals surface area (Å²) in [5.41, 5.74) is 9.64. The zero-order chi connectivity index (χ0) is 50.6. The Bertz CT molecular complexity index is 3920. The van der Waals surface area contributed by atoms with Gasteiger partial charge in [-0.3, -0.25) is 18.7 Å². The smallest absolute Gasteiger partial charge is 0.271 e. The number of pyridine rings is 2. The van der Waals surface area contributed by atoms with Crippen LogP contribution in [0.3, 0.4) is 0 Å². The van der Waals surface area contributed by atoms with E-state index in [9.17, 15) is 0 Å². The topological polar surface area (TPSA) is 48.8 Å². The summed E-state index contributed by atoms with van der Waals surface area (Å²) in [5, 5.41) is 7.63. The SMILES string of the molecule is CC(C)(C)c1ccnc(-n2c3ccccc3c3ccc(Oc4ccnc(-n5[c-][n+](-c6c(-c7cccc([Si](c8ccccc8)(c8ccccc8)c8ccccc8)c7)cccc6C(C)(C)C)c6ccccc65)c4)cc32)c1. The standard InChI is InChI=1S/C67H57N5OSi/c1-66(2,3)48-38-40-69-64(43-48)72-59-33-17-16-30-56(59)57-37-36-49(44-62(57)72)73-50-39-41-68-63(45-50)70-46-71(61-35-19-18-34-60(61)70)65-55(31-21-32-58(65)67(4,5)6)47-22-20-29-54(42-47)74(51-23-10-7-11-24-51,52-25-12-8-13-26-52)53-27-14-9-15-28-53/h7-45H,1-6H3. The van der Waals surface area contributed by atoms with Crippen molar-refractivity contribution in [3.05, 3.63) is 254 Å². The fourth-order valence-corrected chi connectivity index (χ4v) is 15.8. The number of imidazole rings is 1. The summed E-state index contributed by atoms with van der Waals surface area (Å²) >= 11 is 0. The lowest BCUT2D eigenvalue weighted by Crippen LogP contribution is -2.74. The van der Waals surface area contributed by atoms with E-state index in [1.807, 2.05) is 24.5 Å². The van der Waals surface area contributed by atoms with Crippen molar-refractivity contribution in [3.63, 3.8) is 0 Å². The zero-order valence-corrected chi connectivity index (χ0v) is 43.7. The number of rotatable bonds is 10. The molecule has 74 heavy (non-hydrogen) atoms. The lowest BCUT2D eigenvalue weighted by atomic mass is 9.83. The Hall–Kier alpha value is -8.65. The number of hydrogen-bond donors (Lipinski definition) is 0. The minimum absolute atomic E-state index is 0.0287. The van der Waals surface area contributed by atoms with E-state index in [0.717, 1.165) is 55.5 Å². The van der Waals surface area contributed by atoms with Crippen LogP contribution in [0.4, 0.5) is 0 Å². The summed E-state index contributed by atoms with van der Waals surface area (Å²) in [6.45, 7) is 13.6. The van der Waals surface area contributed by atoms with Crippen molar-refractivity contribution in [3.8, 4) is 39.9 Å². The van der Waals surface area contributed by atoms with Crippen LogP contribution in [-0.4, -0.2) is 27.2 Å². The van der Waals surface area contributed by atoms with Gasteiger partial charge in [0.15, 0.2) is 13.9 Å². The third-order valence-corrected chi connectivity index (χ3v) is 19.3. The summed E-state index contributed by atoms with van der Waals surface area (Å²) in [4.78, 5) is 9.88. The molecule has 0 saturated carbocycles. The monoisotopic (exact) mass is 975 g/mol. The molecule has 0 saturated heterocycles. The van der Waals surface area contributed by atoms with E-state index in [1.54, 1.807) is 0 Å². The fourth-order valence-electron chi connectivity index (χ4n) is 11.0. The molecule has 4 aromatic heterocycles. The van der Waals surface area contributed by atoms with Gasteiger partial charge in [-0.2, -0.15) is 0 Å². The predicted molar refractivity (Wildman–Crippen MR) is 307 cm³/mol. The second-order valence-corrected chi connectivity index (χ2v) is 25.1. The number of benzene rings is 8. The van der Waals surface area contributed by atoms with Crippen LogP contribution in [0.1, 0.15) is 52.7 Å². The van der Waals surface area contributed by atoms with Gasteiger partial charge in [-0.15, -0.1) is 0 Å². The lowest BCUT2D eigenvalue weighted by molar-refractivity contribution is -0.572. The summed E-state index contributed by atoms with van der Waals surface area (Å²) in [5.74, 6) is 2.95. The Morgan fingerprint density at radius 1 is 0.459 bits per heavy atom. The predicted octanol–water partition coefficient (Wildman–Crippen LogP) is 13.0. The van der Waals surface area contributed by atoms with Crippen LogP contribution in [0.2, 0.25) is 0 Å². The van der Waals surface area contributed by atoms with Gasteiger partial charge in [0.05, 0.1) is 27.8 Å². The third kappa shape index (κ3) is 8.10. The first-order valence-corrected chi connectivity index (χ1v) is 27.5. The van der Waals surface area contributed by atoms with Gasteiger partial charge in [0.1, 0.15) is 17.3 Å². The molecule has 0 aliphatic heterocycles. The number of ether oxygens (including phenoxy) is 1. The Morgan fingerprint density at radius 2 is 1.04 bits per heavy atom. The minimum atomic E-state index is -2.82. The maximum Gasteiger partial charge on any atom is 0.271 e. The van der Waals surface area contributed by atoms with Gasteiger partial charge in [0.2, 0.25) is 0 Å². The molecule has 0 unspecified atom stereocenters. The molecular weight excluding hydrogens is 919 g/mol. The highest BCUT2D eigenvalue weighted by Gasteiger charge is 2.41. The van der Waals surface area contributed by atoms with Crippen molar-refractivity contribution in [1.29, 1.82) is 0 Å². The van der Waals surface area contributed by atoms with Gasteiger partial charge in [-0.25, -0.2) is 4.98 Å². The van der Waals surface area contributed by atoms with Crippen LogP contribution in [-0.2, 0) is 10.8 Å². The molecule has 4 heterocycles. The molecular formula is C67H57N5OSi. The van der Waals surface area contributed by atoms with E-state index in [-0.39, 0.29) is 10.8 Å². The normalized spacial score (nSPS) is 12.2. The molecule has 12 aromatic rings. The Kier molecular flexibility index (Phi) is 11.6. The molecule has 6 nitrogen and oxygen atoms in total. The van der Waals surface area contributed by atoms with Crippen molar-refractivity contribution >= 4 is 61.7 Å². The maximum atomic E-state index is 6.79. The third-order valence-electron chi connectivity index (χ3n) is 14.5. The highest BCUT2D eigenvalue weighted by Crippen LogP contribution is 2.38. The number of para-hydroxylation sites is 4. The van der Waals surface area contributed by atoms with Gasteiger partial charge in [0, 0.05) is 35.3 Å². The zero-order valence-electron chi connectivity index (χ0n) is 42.7. The quantitative estimate of drug-likeness (QED) is 0.0594. The first kappa shape index (κ1) is 46.4. The molecule has 7 heteroatoms. The molecule has 0 spiro atoms. The van der Waals surface area contributed by atoms with Gasteiger partial charge in [0.25, 0.3) is 6.33 Å². The number of nitrogens with zero attached hydrogens (tertiary/aromatic N) is 5. The number of hydrogen-bond acceptors (Lipinski definition) is 3. The van der Waals surface area contributed by atoms with Crippen LogP contribution in [0.25, 0.3) is 61.3 Å². The molecule has 360 valence electrons. The molecule has 0 aliphatic carbocycles. The van der Waals surface area contributed by atoms with Gasteiger partial charge in [-0.1, -0.05) is 217 Å². The largest absolute Gasteiger partial charge is 0.458 e. The minimum Gasteiger partial charge on any atom is -0.458 e. The van der Waals surface area contributed by atoms with E-state index in [2.05, 4.69) is 274 Å². The van der Waals surface area contributed by atoms with E-state index < -0.39 is 8.07 Å². The van der Waals surface area contributed by atoms with Crippen molar-refractivity contribution < 1.29 is 9.30 Å². The summed E-state index contributed by atoms with van der Waals surface area (Å²) < 4.78 is 13.3. The second kappa shape index (κ2) is 18.4. The van der Waals surface area contributed by atoms with Crippen LogP contribution < -0.4 is 30.1 Å². The molecule has 0 fully saturated rings. The van der Waals surface area contributed by atoms with E-state index in [1.165, 1.54) is 31.9 Å². The molecule has 0 atom stereocenters. The first-order chi connectivity index (χ1) is 36.0. The molecule has 0 aliphatic rings. The molecule has 0 amide bonds. The average Bonchev–Trinajstić information content (AvgIpc) is 3.98. The second-order valence-electron chi connectivity index (χ2n) is 21.3. The Balaban J connectivity index is 0.984. The van der Waals surface area contributed by atoms with Crippen LogP contribution in [0, 0.1) is 6.33 Å². The van der Waals surface area contributed by atoms with Crippen molar-refractivity contribution in [2.75, 3.05) is 0 Å². The molecule has 8 aromatic carbocycles. The lowest BCUT2D eigenvalue weighted by Gasteiger charge is -2.35. The average molecular weight is 976 g/mol. The Morgan fingerprint density at radius 3 is 1.73 bits per heavy atom. The molecule has 12 rings (SSSR count). The molecule has 0 N–H and O–H groups in total. The molecule has 0 radical (unpaired) electrons. The summed E-state index contributed by atoms with van der Waals surface area (Å²) in [6, 6.07) is 81.1. The first-order valence-electron chi connectivity index (χ1n) is 25.5. The highest BCUT2D eigenvalue weighted by atomic mass is 28.3. The van der Waals surface area contributed by atoms with Gasteiger partial charge in [-0.05, 0) is 90.2 Å². The van der Waals surface area contributed by atoms with Crippen LogP contribution in [0.5, 0.6) is 11.5 Å². The van der Waals surface area contributed by atoms with Crippen molar-refractivity contribution in [2.24, 2.45) is 0 Å². The highest BCUT2D eigenvalue weighted by molar-refractivity contribution is 7.19. The van der Waals surface area contributed by atoms with E-state index >= 15 is 0 Å². The van der Waals surface area contributed by atoms with Crippen LogP contribution >= 0.6 is 0 Å². The fraction of sp³-hybridized carbons (Fsp3) is 0.119. The van der Waals surface area contributed by atoms with E-state index in [4.69, 9.17) is 14.7 Å². The maximum absolute atomic E-state index is 6.79. The van der Waals surface area contributed by atoms with Gasteiger partial charge < -0.3 is 4.74 Å². The summed E-state index contributed by atoms with van der Waals surface area (Å²) in [7, 11) is -2.82. The van der Waals surface area contributed by atoms with Crippen molar-refractivity contribution in [2.45, 2.75) is 52.4 Å². The van der Waals surface area contributed by atoms with Crippen molar-refractivity contribution in [1.82, 2.24) is 19.1 Å². The van der Waals surface area contributed by atoms with E-state index in [0.29, 0.717) is 17.3 Å². The number of fused-ring (bicyclic) bond motifs is 4. The number of aromatic nitrogens is 5. The van der Waals surface area contributed by atoms with Crippen LogP contribution in [0.15, 0.2) is 237 Å². The van der Waals surface area contributed by atoms with Gasteiger partial charge >= 0.3 is 0 Å². The summed E-state index contributed by atoms with van der Waals surface area (Å²) in [6.07, 6.45) is 7.58. The molecule has 0 bridgehead atoms.